The molecule has 1 aliphatic rings. The first-order chi connectivity index (χ1) is 9.27. The average Bonchev–Trinajstić information content (AvgIpc) is 2.42. The molecule has 0 heterocycles. The van der Waals surface area contributed by atoms with Crippen LogP contribution < -0.4 is 5.73 Å². The van der Waals surface area contributed by atoms with Crippen LogP contribution >= 0.6 is 0 Å². The molecule has 1 nitrogen and oxygen atoms in total. The van der Waals surface area contributed by atoms with E-state index in [0.717, 1.165) is 19.3 Å². The number of nitrogens with two attached hydrogens (primary N) is 1. The van der Waals surface area contributed by atoms with Gasteiger partial charge in [-0.05, 0) is 26.2 Å². The highest BCUT2D eigenvalue weighted by Gasteiger charge is 2.23. The topological polar surface area (TPSA) is 26.0 Å². The summed E-state index contributed by atoms with van der Waals surface area (Å²) in [7, 11) is 0. The molecule has 0 radical (unpaired) electrons. The van der Waals surface area contributed by atoms with E-state index in [0.29, 0.717) is 0 Å². The Balaban J connectivity index is 2.23. The van der Waals surface area contributed by atoms with Gasteiger partial charge in [-0.25, -0.2) is 0 Å². The summed E-state index contributed by atoms with van der Waals surface area (Å²) in [6, 6.07) is 0. The SMILES string of the molecule is CC=CC=CCC=CC=CC=CC1(N)CCCCC1. The summed E-state index contributed by atoms with van der Waals surface area (Å²) in [5.41, 5.74) is 6.26. The second kappa shape index (κ2) is 9.57. The van der Waals surface area contributed by atoms with Gasteiger partial charge in [-0.1, -0.05) is 80.0 Å². The molecule has 0 saturated heterocycles. The van der Waals surface area contributed by atoms with E-state index in [4.69, 9.17) is 5.73 Å². The summed E-state index contributed by atoms with van der Waals surface area (Å²) in [5, 5.41) is 0. The minimum atomic E-state index is -0.0540. The molecule has 0 aliphatic heterocycles. The molecule has 1 rings (SSSR count). The summed E-state index contributed by atoms with van der Waals surface area (Å²) in [6.45, 7) is 2.02. The lowest BCUT2D eigenvalue weighted by Crippen LogP contribution is -2.39. The lowest BCUT2D eigenvalue weighted by atomic mass is 9.82. The highest BCUT2D eigenvalue weighted by molar-refractivity contribution is 5.17. The van der Waals surface area contributed by atoms with Gasteiger partial charge in [-0.2, -0.15) is 0 Å². The largest absolute Gasteiger partial charge is 0.322 e. The molecule has 104 valence electrons. The smallest absolute Gasteiger partial charge is 0.0342 e. The third kappa shape index (κ3) is 7.63. The fourth-order valence-corrected chi connectivity index (χ4v) is 2.26. The molecular formula is C18H27N. The van der Waals surface area contributed by atoms with Gasteiger partial charge in [0.25, 0.3) is 0 Å². The quantitative estimate of drug-likeness (QED) is 0.677. The molecular weight excluding hydrogens is 230 g/mol. The van der Waals surface area contributed by atoms with Crippen molar-refractivity contribution in [2.75, 3.05) is 0 Å². The second-order valence-corrected chi connectivity index (χ2v) is 5.16. The lowest BCUT2D eigenvalue weighted by Gasteiger charge is -2.30. The van der Waals surface area contributed by atoms with Crippen molar-refractivity contribution in [3.63, 3.8) is 0 Å². The molecule has 0 atom stereocenters. The standard InChI is InChI=1S/C18H27N/c1-2-3-4-5-6-7-8-9-10-12-15-18(19)16-13-11-14-17-18/h2-5,7-10,12,15H,6,11,13-14,16-17,19H2,1H3. The Morgan fingerprint density at radius 1 is 0.842 bits per heavy atom. The Hall–Kier alpha value is -1.34. The van der Waals surface area contributed by atoms with E-state index >= 15 is 0 Å². The molecule has 0 aromatic heterocycles. The highest BCUT2D eigenvalue weighted by Crippen LogP contribution is 2.26. The maximum Gasteiger partial charge on any atom is 0.0342 e. The van der Waals surface area contributed by atoms with Crippen molar-refractivity contribution in [1.82, 2.24) is 0 Å². The molecule has 1 heteroatoms. The van der Waals surface area contributed by atoms with Crippen molar-refractivity contribution in [2.45, 2.75) is 51.0 Å². The first-order valence-electron chi connectivity index (χ1n) is 7.34. The Kier molecular flexibility index (Phi) is 7.92. The number of rotatable bonds is 6. The van der Waals surface area contributed by atoms with Crippen LogP contribution in [0, 0.1) is 0 Å². The molecule has 1 saturated carbocycles. The second-order valence-electron chi connectivity index (χ2n) is 5.16. The van der Waals surface area contributed by atoms with Crippen LogP contribution in [0.1, 0.15) is 45.4 Å². The number of allylic oxidation sites excluding steroid dienone is 9. The van der Waals surface area contributed by atoms with E-state index in [-0.39, 0.29) is 5.54 Å². The fourth-order valence-electron chi connectivity index (χ4n) is 2.26. The van der Waals surface area contributed by atoms with Crippen molar-refractivity contribution >= 4 is 0 Å². The Labute approximate surface area is 118 Å². The average molecular weight is 257 g/mol. The van der Waals surface area contributed by atoms with Gasteiger partial charge in [0.15, 0.2) is 0 Å². The molecule has 2 N–H and O–H groups in total. The predicted octanol–water partition coefficient (Wildman–Crippen LogP) is 4.84. The van der Waals surface area contributed by atoms with Gasteiger partial charge >= 0.3 is 0 Å². The van der Waals surface area contributed by atoms with Crippen LogP contribution in [0.15, 0.2) is 60.8 Å². The Bertz CT molecular complexity index is 363. The van der Waals surface area contributed by atoms with E-state index in [2.05, 4.69) is 48.6 Å². The molecule has 0 aromatic carbocycles. The molecule has 0 aromatic rings. The zero-order valence-corrected chi connectivity index (χ0v) is 12.1. The van der Waals surface area contributed by atoms with Crippen LogP contribution in [0.2, 0.25) is 0 Å². The van der Waals surface area contributed by atoms with Gasteiger partial charge in [-0.15, -0.1) is 0 Å². The maximum absolute atomic E-state index is 6.31. The fraction of sp³-hybridized carbons (Fsp3) is 0.444. The summed E-state index contributed by atoms with van der Waals surface area (Å²) in [5.74, 6) is 0. The van der Waals surface area contributed by atoms with Crippen molar-refractivity contribution in [3.8, 4) is 0 Å². The van der Waals surface area contributed by atoms with Gasteiger partial charge in [0.1, 0.15) is 0 Å². The van der Waals surface area contributed by atoms with E-state index in [1.165, 1.54) is 19.3 Å². The van der Waals surface area contributed by atoms with Crippen LogP contribution in [0.25, 0.3) is 0 Å². The summed E-state index contributed by atoms with van der Waals surface area (Å²) in [4.78, 5) is 0. The van der Waals surface area contributed by atoms with Crippen molar-refractivity contribution in [3.05, 3.63) is 60.8 Å². The molecule has 1 fully saturated rings. The Morgan fingerprint density at radius 2 is 1.47 bits per heavy atom. The molecule has 19 heavy (non-hydrogen) atoms. The van der Waals surface area contributed by atoms with Crippen molar-refractivity contribution in [1.29, 1.82) is 0 Å². The first kappa shape index (κ1) is 15.7. The minimum Gasteiger partial charge on any atom is -0.322 e. The summed E-state index contributed by atoms with van der Waals surface area (Å²) >= 11 is 0. The molecule has 0 amide bonds. The number of hydrogen-bond acceptors (Lipinski definition) is 1. The lowest BCUT2D eigenvalue weighted by molar-refractivity contribution is 0.359. The zero-order valence-electron chi connectivity index (χ0n) is 12.1. The van der Waals surface area contributed by atoms with E-state index in [1.807, 2.05) is 19.1 Å². The van der Waals surface area contributed by atoms with E-state index in [1.54, 1.807) is 0 Å². The predicted molar refractivity (Wildman–Crippen MR) is 86.0 cm³/mol. The van der Waals surface area contributed by atoms with Gasteiger partial charge in [0.2, 0.25) is 0 Å². The van der Waals surface area contributed by atoms with Crippen LogP contribution in [0.5, 0.6) is 0 Å². The van der Waals surface area contributed by atoms with E-state index in [9.17, 15) is 0 Å². The highest BCUT2D eigenvalue weighted by atomic mass is 14.7. The molecule has 0 unspecified atom stereocenters. The molecule has 1 aliphatic carbocycles. The maximum atomic E-state index is 6.31. The van der Waals surface area contributed by atoms with Gasteiger partial charge < -0.3 is 5.73 Å². The van der Waals surface area contributed by atoms with E-state index < -0.39 is 0 Å². The van der Waals surface area contributed by atoms with Crippen molar-refractivity contribution in [2.24, 2.45) is 5.73 Å². The van der Waals surface area contributed by atoms with Crippen LogP contribution in [0.4, 0.5) is 0 Å². The van der Waals surface area contributed by atoms with Crippen LogP contribution in [-0.4, -0.2) is 5.54 Å². The number of hydrogen-bond donors (Lipinski definition) is 1. The van der Waals surface area contributed by atoms with Crippen LogP contribution in [-0.2, 0) is 0 Å². The zero-order chi connectivity index (χ0) is 13.8. The first-order valence-corrected chi connectivity index (χ1v) is 7.34. The minimum absolute atomic E-state index is 0.0540. The third-order valence-electron chi connectivity index (χ3n) is 3.39. The monoisotopic (exact) mass is 257 g/mol. The normalized spacial score (nSPS) is 20.7. The Morgan fingerprint density at radius 3 is 2.16 bits per heavy atom. The third-order valence-corrected chi connectivity index (χ3v) is 3.39. The van der Waals surface area contributed by atoms with Crippen LogP contribution in [0.3, 0.4) is 0 Å². The van der Waals surface area contributed by atoms with Crippen molar-refractivity contribution < 1.29 is 0 Å². The molecule has 0 bridgehead atoms. The van der Waals surface area contributed by atoms with Gasteiger partial charge in [0.05, 0.1) is 0 Å². The molecule has 0 spiro atoms. The summed E-state index contributed by atoms with van der Waals surface area (Å²) < 4.78 is 0. The van der Waals surface area contributed by atoms with Gasteiger partial charge in [0, 0.05) is 5.54 Å². The van der Waals surface area contributed by atoms with Gasteiger partial charge in [-0.3, -0.25) is 0 Å². The summed E-state index contributed by atoms with van der Waals surface area (Å²) in [6.07, 6.45) is 28.0.